The smallest absolute Gasteiger partial charge is 0.226 e. The summed E-state index contributed by atoms with van der Waals surface area (Å²) in [7, 11) is 0. The van der Waals surface area contributed by atoms with Crippen LogP contribution in [0.25, 0.3) is 0 Å². The summed E-state index contributed by atoms with van der Waals surface area (Å²) in [4.78, 5) is 14.0. The van der Waals surface area contributed by atoms with E-state index in [0.717, 1.165) is 30.8 Å². The van der Waals surface area contributed by atoms with E-state index < -0.39 is 0 Å². The van der Waals surface area contributed by atoms with E-state index in [1.54, 1.807) is 0 Å². The van der Waals surface area contributed by atoms with Gasteiger partial charge in [-0.25, -0.2) is 0 Å². The van der Waals surface area contributed by atoms with E-state index in [1.807, 2.05) is 24.0 Å². The van der Waals surface area contributed by atoms with Crippen molar-refractivity contribution in [2.45, 2.75) is 26.7 Å². The Labute approximate surface area is 120 Å². The third-order valence-electron chi connectivity index (χ3n) is 4.10. The zero-order chi connectivity index (χ0) is 14.5. The van der Waals surface area contributed by atoms with E-state index in [9.17, 15) is 4.79 Å². The van der Waals surface area contributed by atoms with E-state index in [2.05, 4.69) is 13.0 Å². The third kappa shape index (κ3) is 3.51. The van der Waals surface area contributed by atoms with Crippen molar-refractivity contribution in [3.63, 3.8) is 0 Å². The highest BCUT2D eigenvalue weighted by Gasteiger charge is 2.24. The molecule has 110 valence electrons. The first kappa shape index (κ1) is 14.9. The minimum absolute atomic E-state index is 0.172. The van der Waals surface area contributed by atoms with Gasteiger partial charge in [-0.05, 0) is 49.9 Å². The van der Waals surface area contributed by atoms with Gasteiger partial charge in [0, 0.05) is 13.1 Å². The Morgan fingerprint density at radius 2 is 2.25 bits per heavy atom. The van der Waals surface area contributed by atoms with Crippen molar-refractivity contribution in [3.8, 4) is 5.75 Å². The van der Waals surface area contributed by atoms with Crippen LogP contribution in [0.4, 0.5) is 0 Å². The highest BCUT2D eigenvalue weighted by atomic mass is 16.5. The van der Waals surface area contributed by atoms with E-state index in [4.69, 9.17) is 10.5 Å². The van der Waals surface area contributed by atoms with Gasteiger partial charge < -0.3 is 15.4 Å². The lowest BCUT2D eigenvalue weighted by molar-refractivity contribution is -0.130. The number of nitrogens with two attached hydrogens (primary N) is 1. The monoisotopic (exact) mass is 276 g/mol. The first-order valence-corrected chi connectivity index (χ1v) is 7.28. The maximum absolute atomic E-state index is 12.1. The van der Waals surface area contributed by atoms with Crippen molar-refractivity contribution in [2.24, 2.45) is 11.7 Å². The number of hydrogen-bond acceptors (Lipinski definition) is 3. The Balaban J connectivity index is 1.78. The van der Waals surface area contributed by atoms with Crippen molar-refractivity contribution in [2.75, 3.05) is 26.2 Å². The number of likely N-dealkylation sites (tertiary alicyclic amines) is 1. The molecule has 20 heavy (non-hydrogen) atoms. The van der Waals surface area contributed by atoms with Crippen LogP contribution in [0.1, 0.15) is 24.0 Å². The average molecular weight is 276 g/mol. The summed E-state index contributed by atoms with van der Waals surface area (Å²) in [6.07, 6.45) is 1.46. The van der Waals surface area contributed by atoms with E-state index in [1.165, 1.54) is 5.56 Å². The molecule has 0 aromatic heterocycles. The molecule has 0 aliphatic carbocycles. The van der Waals surface area contributed by atoms with Gasteiger partial charge in [-0.15, -0.1) is 0 Å². The summed E-state index contributed by atoms with van der Waals surface area (Å²) >= 11 is 0. The van der Waals surface area contributed by atoms with Crippen LogP contribution in [0.3, 0.4) is 0 Å². The lowest BCUT2D eigenvalue weighted by Crippen LogP contribution is -2.30. The van der Waals surface area contributed by atoms with Crippen molar-refractivity contribution < 1.29 is 9.53 Å². The van der Waals surface area contributed by atoms with Gasteiger partial charge in [-0.1, -0.05) is 12.1 Å². The van der Waals surface area contributed by atoms with E-state index >= 15 is 0 Å². The summed E-state index contributed by atoms with van der Waals surface area (Å²) < 4.78 is 5.73. The molecule has 1 unspecified atom stereocenters. The normalized spacial score (nSPS) is 18.4. The Bertz CT molecular complexity index is 474. The van der Waals surface area contributed by atoms with Crippen molar-refractivity contribution >= 4 is 5.91 Å². The molecule has 0 radical (unpaired) electrons. The van der Waals surface area contributed by atoms with Gasteiger partial charge in [-0.3, -0.25) is 4.79 Å². The van der Waals surface area contributed by atoms with Crippen molar-refractivity contribution in [1.82, 2.24) is 4.90 Å². The molecular weight excluding hydrogens is 252 g/mol. The van der Waals surface area contributed by atoms with Gasteiger partial charge in [-0.2, -0.15) is 0 Å². The quantitative estimate of drug-likeness (QED) is 0.893. The molecule has 1 aliphatic heterocycles. The van der Waals surface area contributed by atoms with Crippen LogP contribution < -0.4 is 10.5 Å². The molecule has 1 aliphatic rings. The molecule has 1 atom stereocenters. The van der Waals surface area contributed by atoms with Crippen LogP contribution >= 0.6 is 0 Å². The molecule has 0 saturated carbocycles. The Morgan fingerprint density at radius 1 is 1.45 bits per heavy atom. The third-order valence-corrected chi connectivity index (χ3v) is 4.10. The maximum Gasteiger partial charge on any atom is 0.226 e. The molecule has 1 heterocycles. The molecule has 2 N–H and O–H groups in total. The van der Waals surface area contributed by atoms with Crippen LogP contribution in [0.2, 0.25) is 0 Å². The summed E-state index contributed by atoms with van der Waals surface area (Å²) in [5.41, 5.74) is 7.99. The predicted octanol–water partition coefficient (Wildman–Crippen LogP) is 1.88. The fourth-order valence-corrected chi connectivity index (χ4v) is 2.54. The Morgan fingerprint density at radius 3 is 2.95 bits per heavy atom. The first-order chi connectivity index (χ1) is 9.61. The lowest BCUT2D eigenvalue weighted by Gasteiger charge is -2.17. The van der Waals surface area contributed by atoms with Crippen LogP contribution in [-0.4, -0.2) is 37.0 Å². The summed E-state index contributed by atoms with van der Waals surface area (Å²) in [5.74, 6) is 1.52. The predicted molar refractivity (Wildman–Crippen MR) is 79.8 cm³/mol. The van der Waals surface area contributed by atoms with Crippen molar-refractivity contribution in [1.29, 1.82) is 0 Å². The molecule has 1 amide bonds. The fraction of sp³-hybridized carbons (Fsp3) is 0.562. The number of amides is 1. The molecule has 2 rings (SSSR count). The van der Waals surface area contributed by atoms with E-state index in [0.29, 0.717) is 25.5 Å². The van der Waals surface area contributed by atoms with Crippen LogP contribution in [0.5, 0.6) is 5.75 Å². The minimum atomic E-state index is 0.172. The molecule has 1 aromatic carbocycles. The van der Waals surface area contributed by atoms with Crippen LogP contribution in [0.15, 0.2) is 18.2 Å². The van der Waals surface area contributed by atoms with Crippen LogP contribution in [-0.2, 0) is 4.79 Å². The summed E-state index contributed by atoms with van der Waals surface area (Å²) in [6, 6.07) is 5.99. The minimum Gasteiger partial charge on any atom is -0.493 e. The van der Waals surface area contributed by atoms with E-state index in [-0.39, 0.29) is 5.91 Å². The number of carbonyl (C=O) groups excluding carboxylic acids is 1. The number of ether oxygens (including phenoxy) is 1. The number of hydrogen-bond donors (Lipinski definition) is 1. The highest BCUT2D eigenvalue weighted by Crippen LogP contribution is 2.21. The number of aryl methyl sites for hydroxylation is 1. The molecular formula is C16H24N2O2. The van der Waals surface area contributed by atoms with Gasteiger partial charge in [0.25, 0.3) is 0 Å². The largest absolute Gasteiger partial charge is 0.493 e. The Hall–Kier alpha value is -1.55. The Kier molecular flexibility index (Phi) is 5.01. The first-order valence-electron chi connectivity index (χ1n) is 7.28. The van der Waals surface area contributed by atoms with Gasteiger partial charge >= 0.3 is 0 Å². The second kappa shape index (κ2) is 6.75. The van der Waals surface area contributed by atoms with Crippen LogP contribution in [0, 0.1) is 19.8 Å². The molecule has 0 spiro atoms. The zero-order valence-electron chi connectivity index (χ0n) is 12.4. The SMILES string of the molecule is Cc1cccc(OCCC(=O)N2CCC(CN)C2)c1C. The standard InChI is InChI=1S/C16H24N2O2/c1-12-4-3-5-15(13(12)2)20-9-7-16(19)18-8-6-14(10-17)11-18/h3-5,14H,6-11,17H2,1-2H3. The fourth-order valence-electron chi connectivity index (χ4n) is 2.54. The van der Waals surface area contributed by atoms with Crippen molar-refractivity contribution in [3.05, 3.63) is 29.3 Å². The molecule has 1 aromatic rings. The van der Waals surface area contributed by atoms with Gasteiger partial charge in [0.15, 0.2) is 0 Å². The highest BCUT2D eigenvalue weighted by molar-refractivity contribution is 5.76. The number of nitrogens with zero attached hydrogens (tertiary/aromatic N) is 1. The molecule has 4 nitrogen and oxygen atoms in total. The maximum atomic E-state index is 12.1. The number of benzene rings is 1. The summed E-state index contributed by atoms with van der Waals surface area (Å²) in [5, 5.41) is 0. The number of rotatable bonds is 5. The molecule has 4 heteroatoms. The summed E-state index contributed by atoms with van der Waals surface area (Å²) in [6.45, 7) is 6.85. The van der Waals surface area contributed by atoms with Gasteiger partial charge in [0.2, 0.25) is 5.91 Å². The zero-order valence-corrected chi connectivity index (χ0v) is 12.4. The number of carbonyl (C=O) groups is 1. The second-order valence-electron chi connectivity index (χ2n) is 5.53. The second-order valence-corrected chi connectivity index (χ2v) is 5.53. The molecule has 1 fully saturated rings. The lowest BCUT2D eigenvalue weighted by atomic mass is 10.1. The molecule has 0 bridgehead atoms. The molecule has 1 saturated heterocycles. The van der Waals surface area contributed by atoms with Gasteiger partial charge in [0.1, 0.15) is 5.75 Å². The average Bonchev–Trinajstić information content (AvgIpc) is 2.92. The topological polar surface area (TPSA) is 55.6 Å². The van der Waals surface area contributed by atoms with Gasteiger partial charge in [0.05, 0.1) is 13.0 Å².